The second kappa shape index (κ2) is 4.71. The van der Waals surface area contributed by atoms with Gasteiger partial charge in [0.1, 0.15) is 6.04 Å². The molecule has 6 heteroatoms. The molecule has 0 fully saturated rings. The van der Waals surface area contributed by atoms with Crippen molar-refractivity contribution in [2.45, 2.75) is 13.0 Å². The molecule has 0 unspecified atom stereocenters. The second-order valence-corrected chi connectivity index (χ2v) is 3.33. The molecule has 1 rings (SSSR count). The fourth-order valence-corrected chi connectivity index (χ4v) is 1.19. The molecule has 0 radical (unpaired) electrons. The lowest BCUT2D eigenvalue weighted by atomic mass is 10.0. The number of carboxylic acids is 1. The summed E-state index contributed by atoms with van der Waals surface area (Å²) in [4.78, 5) is 32.7. The minimum atomic E-state index is -1.24. The first-order chi connectivity index (χ1) is 7.45. The number of carbonyl (C=O) groups excluding carboxylic acids is 2. The molecule has 0 saturated carbocycles. The molecule has 1 aliphatic carbocycles. The van der Waals surface area contributed by atoms with Crippen LogP contribution in [0.15, 0.2) is 23.4 Å². The quantitative estimate of drug-likeness (QED) is 0.419. The summed E-state index contributed by atoms with van der Waals surface area (Å²) >= 11 is 0. The van der Waals surface area contributed by atoms with Gasteiger partial charge in [-0.1, -0.05) is 0 Å². The van der Waals surface area contributed by atoms with Crippen molar-refractivity contribution < 1.29 is 24.6 Å². The predicted molar refractivity (Wildman–Crippen MR) is 53.5 cm³/mol. The maximum atomic E-state index is 11.1. The number of nitrogens with one attached hydrogen (secondary N) is 1. The van der Waals surface area contributed by atoms with Gasteiger partial charge in [-0.05, 0) is 18.6 Å². The molecule has 0 amide bonds. The fraction of sp³-hybridized carbons (Fsp3) is 0.300. The molecule has 0 aromatic heterocycles. The van der Waals surface area contributed by atoms with Gasteiger partial charge in [-0.2, -0.15) is 0 Å². The van der Waals surface area contributed by atoms with Gasteiger partial charge in [-0.3, -0.25) is 9.59 Å². The molecule has 0 heterocycles. The van der Waals surface area contributed by atoms with Crippen molar-refractivity contribution in [3.63, 3.8) is 0 Å². The van der Waals surface area contributed by atoms with Crippen LogP contribution < -0.4 is 5.32 Å². The highest BCUT2D eigenvalue weighted by Gasteiger charge is 2.22. The number of aliphatic carboxylic acids is 1. The van der Waals surface area contributed by atoms with Crippen LogP contribution in [0.1, 0.15) is 6.92 Å². The number of aliphatic hydroxyl groups is 1. The Morgan fingerprint density at radius 2 is 1.94 bits per heavy atom. The van der Waals surface area contributed by atoms with E-state index in [9.17, 15) is 14.4 Å². The van der Waals surface area contributed by atoms with Gasteiger partial charge in [0.25, 0.3) is 0 Å². The van der Waals surface area contributed by atoms with E-state index in [-0.39, 0.29) is 5.70 Å². The van der Waals surface area contributed by atoms with Gasteiger partial charge in [-0.25, -0.2) is 4.79 Å². The van der Waals surface area contributed by atoms with Crippen molar-refractivity contribution in [3.8, 4) is 0 Å². The van der Waals surface area contributed by atoms with Gasteiger partial charge >= 0.3 is 5.97 Å². The summed E-state index contributed by atoms with van der Waals surface area (Å²) in [6, 6.07) is -1.20. The lowest BCUT2D eigenvalue weighted by Crippen LogP contribution is -2.40. The zero-order chi connectivity index (χ0) is 12.3. The Bertz CT molecular complexity index is 407. The predicted octanol–water partition coefficient (Wildman–Crippen LogP) is -0.997. The maximum absolute atomic E-state index is 11.1. The number of ketones is 2. The summed E-state index contributed by atoms with van der Waals surface area (Å²) < 4.78 is 0. The molecule has 1 atom stereocenters. The third-order valence-electron chi connectivity index (χ3n) is 2.10. The molecule has 0 bridgehead atoms. The van der Waals surface area contributed by atoms with E-state index in [1.54, 1.807) is 6.92 Å². The van der Waals surface area contributed by atoms with Crippen molar-refractivity contribution in [1.82, 2.24) is 5.32 Å². The fourth-order valence-electron chi connectivity index (χ4n) is 1.19. The van der Waals surface area contributed by atoms with E-state index in [1.165, 1.54) is 0 Å². The molecule has 0 aromatic carbocycles. The average Bonchev–Trinajstić information content (AvgIpc) is 2.21. The van der Waals surface area contributed by atoms with E-state index in [2.05, 4.69) is 5.32 Å². The summed E-state index contributed by atoms with van der Waals surface area (Å²) in [6.07, 6.45) is 2.16. The van der Waals surface area contributed by atoms with Gasteiger partial charge in [0, 0.05) is 11.8 Å². The lowest BCUT2D eigenvalue weighted by Gasteiger charge is -2.18. The van der Waals surface area contributed by atoms with Crippen LogP contribution in [-0.2, 0) is 14.4 Å². The van der Waals surface area contributed by atoms with Crippen molar-refractivity contribution in [2.75, 3.05) is 6.61 Å². The zero-order valence-electron chi connectivity index (χ0n) is 8.56. The number of hydrogen-bond acceptors (Lipinski definition) is 5. The van der Waals surface area contributed by atoms with E-state index in [4.69, 9.17) is 10.2 Å². The van der Waals surface area contributed by atoms with E-state index >= 15 is 0 Å². The Morgan fingerprint density at radius 3 is 2.44 bits per heavy atom. The highest BCUT2D eigenvalue weighted by molar-refractivity contribution is 6.46. The first-order valence-electron chi connectivity index (χ1n) is 4.54. The van der Waals surface area contributed by atoms with Crippen LogP contribution in [-0.4, -0.2) is 40.4 Å². The van der Waals surface area contributed by atoms with Crippen molar-refractivity contribution in [1.29, 1.82) is 0 Å². The topological polar surface area (TPSA) is 104 Å². The Hall–Kier alpha value is -1.95. The van der Waals surface area contributed by atoms with E-state index in [0.717, 1.165) is 12.2 Å². The average molecular weight is 225 g/mol. The molecule has 3 N–H and O–H groups in total. The highest BCUT2D eigenvalue weighted by atomic mass is 16.4. The molecule has 86 valence electrons. The van der Waals surface area contributed by atoms with Gasteiger partial charge in [-0.15, -0.1) is 0 Å². The van der Waals surface area contributed by atoms with Crippen LogP contribution >= 0.6 is 0 Å². The van der Waals surface area contributed by atoms with Crippen LogP contribution in [0.5, 0.6) is 0 Å². The summed E-state index contributed by atoms with van der Waals surface area (Å²) in [5, 5.41) is 20.0. The van der Waals surface area contributed by atoms with Gasteiger partial charge in [0.15, 0.2) is 0 Å². The number of carboxylic acid groups (broad SMARTS) is 1. The number of rotatable bonds is 4. The number of hydrogen-bond donors (Lipinski definition) is 3. The first kappa shape index (κ1) is 12.1. The third-order valence-corrected chi connectivity index (χ3v) is 2.10. The lowest BCUT2D eigenvalue weighted by molar-refractivity contribution is -0.140. The standard InChI is InChI=1S/C10H11NO5/c1-5-2-8(13)9(14)3-6(5)11-7(4-12)10(15)16/h2-3,7,11-12H,4H2,1H3,(H,15,16)/t7-/m0/s1. The molecular formula is C10H11NO5. The van der Waals surface area contributed by atoms with Crippen LogP contribution in [0.3, 0.4) is 0 Å². The molecule has 0 aromatic rings. The molecule has 16 heavy (non-hydrogen) atoms. The van der Waals surface area contributed by atoms with E-state index < -0.39 is 30.2 Å². The summed E-state index contributed by atoms with van der Waals surface area (Å²) in [7, 11) is 0. The molecule has 0 aliphatic heterocycles. The largest absolute Gasteiger partial charge is 0.480 e. The van der Waals surface area contributed by atoms with Crippen LogP contribution in [0.2, 0.25) is 0 Å². The van der Waals surface area contributed by atoms with Gasteiger partial charge < -0.3 is 15.5 Å². The summed E-state index contributed by atoms with van der Waals surface area (Å²) in [6.45, 7) is 0.960. The molecule has 6 nitrogen and oxygen atoms in total. The normalized spacial score (nSPS) is 17.6. The van der Waals surface area contributed by atoms with Crippen molar-refractivity contribution >= 4 is 17.5 Å². The number of aliphatic hydroxyl groups excluding tert-OH is 1. The van der Waals surface area contributed by atoms with Crippen LogP contribution in [0.4, 0.5) is 0 Å². The van der Waals surface area contributed by atoms with E-state index in [1.807, 2.05) is 0 Å². The molecule has 0 spiro atoms. The molecule has 1 aliphatic rings. The van der Waals surface area contributed by atoms with E-state index in [0.29, 0.717) is 5.57 Å². The first-order valence-corrected chi connectivity index (χ1v) is 4.54. The van der Waals surface area contributed by atoms with Crippen molar-refractivity contribution in [3.05, 3.63) is 23.4 Å². The Morgan fingerprint density at radius 1 is 1.38 bits per heavy atom. The Kier molecular flexibility index (Phi) is 3.57. The molecule has 0 saturated heterocycles. The minimum Gasteiger partial charge on any atom is -0.480 e. The third kappa shape index (κ3) is 2.54. The zero-order valence-corrected chi connectivity index (χ0v) is 8.56. The number of carbonyl (C=O) groups is 3. The van der Waals surface area contributed by atoms with Gasteiger partial charge in [0.2, 0.25) is 11.6 Å². The van der Waals surface area contributed by atoms with Crippen molar-refractivity contribution in [2.24, 2.45) is 0 Å². The minimum absolute atomic E-state index is 0.242. The Balaban J connectivity index is 2.86. The SMILES string of the molecule is CC1=CC(=O)C(=O)C=C1N[C@@H](CO)C(=O)O. The number of allylic oxidation sites excluding steroid dienone is 3. The molecular weight excluding hydrogens is 214 g/mol. The van der Waals surface area contributed by atoms with Crippen LogP contribution in [0.25, 0.3) is 0 Å². The van der Waals surface area contributed by atoms with Gasteiger partial charge in [0.05, 0.1) is 6.61 Å². The van der Waals surface area contributed by atoms with Crippen LogP contribution in [0, 0.1) is 0 Å². The monoisotopic (exact) mass is 225 g/mol. The summed E-state index contributed by atoms with van der Waals surface area (Å²) in [5.74, 6) is -2.59. The Labute approximate surface area is 91.3 Å². The second-order valence-electron chi connectivity index (χ2n) is 3.33. The maximum Gasteiger partial charge on any atom is 0.328 e. The summed E-state index contributed by atoms with van der Waals surface area (Å²) in [5.41, 5.74) is 0.704. The highest BCUT2D eigenvalue weighted by Crippen LogP contribution is 2.12. The smallest absolute Gasteiger partial charge is 0.328 e.